The van der Waals surface area contributed by atoms with Crippen LogP contribution >= 0.6 is 0 Å². The first-order chi connectivity index (χ1) is 10.6. The van der Waals surface area contributed by atoms with Gasteiger partial charge < -0.3 is 10.6 Å². The number of nitrogens with zero attached hydrogens (tertiary/aromatic N) is 2. The van der Waals surface area contributed by atoms with Gasteiger partial charge in [0.2, 0.25) is 0 Å². The van der Waals surface area contributed by atoms with E-state index in [4.69, 9.17) is 5.73 Å². The van der Waals surface area contributed by atoms with Crippen LogP contribution in [-0.2, 0) is 11.3 Å². The Kier molecular flexibility index (Phi) is 3.55. The van der Waals surface area contributed by atoms with E-state index in [2.05, 4.69) is 0 Å². The van der Waals surface area contributed by atoms with Gasteiger partial charge in [-0.15, -0.1) is 0 Å². The van der Waals surface area contributed by atoms with Gasteiger partial charge in [0.15, 0.2) is 0 Å². The van der Waals surface area contributed by atoms with Gasteiger partial charge in [0.1, 0.15) is 6.54 Å². The number of imide groups is 1. The van der Waals surface area contributed by atoms with Crippen molar-refractivity contribution in [3.05, 3.63) is 59.7 Å². The van der Waals surface area contributed by atoms with Crippen LogP contribution < -0.4 is 10.6 Å². The number of para-hydroxylation sites is 1. The summed E-state index contributed by atoms with van der Waals surface area (Å²) in [6.45, 7) is 2.38. The number of nitrogen functional groups attached to an aromatic ring is 1. The number of nitrogens with two attached hydrogens (primary N) is 1. The third-order valence-electron chi connectivity index (χ3n) is 3.75. The molecule has 0 spiro atoms. The molecule has 3 rings (SSSR count). The second kappa shape index (κ2) is 5.52. The lowest BCUT2D eigenvalue weighted by atomic mass is 10.2. The number of anilines is 2. The second-order valence-corrected chi connectivity index (χ2v) is 5.40. The largest absolute Gasteiger partial charge is 0.399 e. The first-order valence-corrected chi connectivity index (χ1v) is 7.08. The molecule has 2 aromatic carbocycles. The molecule has 0 atom stereocenters. The molecule has 0 bridgehead atoms. The van der Waals surface area contributed by atoms with Crippen molar-refractivity contribution >= 4 is 23.3 Å². The topological polar surface area (TPSA) is 66.6 Å². The lowest BCUT2D eigenvalue weighted by Crippen LogP contribution is -2.33. The number of hydrogen-bond donors (Lipinski definition) is 1. The fourth-order valence-electron chi connectivity index (χ4n) is 2.57. The van der Waals surface area contributed by atoms with Crippen LogP contribution in [-0.4, -0.2) is 23.4 Å². The Morgan fingerprint density at radius 1 is 1.05 bits per heavy atom. The SMILES string of the molecule is Cc1ccccc1N1C(=O)CN(Cc2ccc(N)cc2)C1=O. The first-order valence-electron chi connectivity index (χ1n) is 7.08. The summed E-state index contributed by atoms with van der Waals surface area (Å²) in [4.78, 5) is 27.6. The Bertz CT molecular complexity index is 725. The van der Waals surface area contributed by atoms with Gasteiger partial charge in [-0.05, 0) is 36.2 Å². The summed E-state index contributed by atoms with van der Waals surface area (Å²) in [6.07, 6.45) is 0. The molecule has 112 valence electrons. The summed E-state index contributed by atoms with van der Waals surface area (Å²) in [6, 6.07) is 14.4. The van der Waals surface area contributed by atoms with Crippen molar-refractivity contribution in [3.63, 3.8) is 0 Å². The molecule has 1 aliphatic rings. The van der Waals surface area contributed by atoms with E-state index in [0.717, 1.165) is 11.1 Å². The lowest BCUT2D eigenvalue weighted by Gasteiger charge is -2.18. The van der Waals surface area contributed by atoms with Gasteiger partial charge >= 0.3 is 6.03 Å². The molecule has 2 N–H and O–H groups in total. The van der Waals surface area contributed by atoms with Crippen molar-refractivity contribution in [1.29, 1.82) is 0 Å². The Morgan fingerprint density at radius 2 is 1.73 bits per heavy atom. The van der Waals surface area contributed by atoms with Crippen LogP contribution in [0, 0.1) is 6.92 Å². The number of carbonyl (C=O) groups excluding carboxylic acids is 2. The minimum atomic E-state index is -0.281. The highest BCUT2D eigenvalue weighted by atomic mass is 16.2. The number of benzene rings is 2. The molecule has 5 heteroatoms. The van der Waals surface area contributed by atoms with Crippen LogP contribution in [0.5, 0.6) is 0 Å². The van der Waals surface area contributed by atoms with Gasteiger partial charge in [-0.2, -0.15) is 0 Å². The van der Waals surface area contributed by atoms with E-state index < -0.39 is 0 Å². The molecule has 1 aliphatic heterocycles. The van der Waals surface area contributed by atoms with Crippen LogP contribution in [0.25, 0.3) is 0 Å². The van der Waals surface area contributed by atoms with Gasteiger partial charge in [0, 0.05) is 12.2 Å². The average molecular weight is 295 g/mol. The minimum absolute atomic E-state index is 0.0948. The molecule has 2 aromatic rings. The maximum absolute atomic E-state index is 12.5. The van der Waals surface area contributed by atoms with Crippen LogP contribution in [0.1, 0.15) is 11.1 Å². The third-order valence-corrected chi connectivity index (χ3v) is 3.75. The number of rotatable bonds is 3. The molecule has 0 aliphatic carbocycles. The standard InChI is InChI=1S/C17H17N3O2/c1-12-4-2-3-5-15(12)20-16(21)11-19(17(20)22)10-13-6-8-14(18)9-7-13/h2-9H,10-11,18H2,1H3. The van der Waals surface area contributed by atoms with E-state index in [-0.39, 0.29) is 18.5 Å². The second-order valence-electron chi connectivity index (χ2n) is 5.40. The quantitative estimate of drug-likeness (QED) is 0.699. The Morgan fingerprint density at radius 3 is 2.41 bits per heavy atom. The molecule has 0 radical (unpaired) electrons. The molecular formula is C17H17N3O2. The molecule has 1 saturated heterocycles. The summed E-state index contributed by atoms with van der Waals surface area (Å²) < 4.78 is 0. The Hall–Kier alpha value is -2.82. The highest BCUT2D eigenvalue weighted by Gasteiger charge is 2.37. The van der Waals surface area contributed by atoms with E-state index in [1.807, 2.05) is 37.3 Å². The number of amides is 3. The molecule has 1 fully saturated rings. The van der Waals surface area contributed by atoms with Gasteiger partial charge in [-0.1, -0.05) is 30.3 Å². The Balaban J connectivity index is 1.82. The van der Waals surface area contributed by atoms with Crippen LogP contribution in [0.15, 0.2) is 48.5 Å². The fourth-order valence-corrected chi connectivity index (χ4v) is 2.57. The van der Waals surface area contributed by atoms with Crippen molar-refractivity contribution in [1.82, 2.24) is 4.90 Å². The molecule has 22 heavy (non-hydrogen) atoms. The van der Waals surface area contributed by atoms with Gasteiger partial charge in [0.25, 0.3) is 5.91 Å². The van der Waals surface area contributed by atoms with Crippen molar-refractivity contribution in [2.24, 2.45) is 0 Å². The van der Waals surface area contributed by atoms with E-state index in [1.54, 1.807) is 23.1 Å². The molecule has 3 amide bonds. The van der Waals surface area contributed by atoms with Crippen molar-refractivity contribution in [3.8, 4) is 0 Å². The molecule has 0 unspecified atom stereocenters. The molecular weight excluding hydrogens is 278 g/mol. The van der Waals surface area contributed by atoms with Crippen molar-refractivity contribution in [2.75, 3.05) is 17.2 Å². The summed E-state index contributed by atoms with van der Waals surface area (Å²) in [5, 5.41) is 0. The molecule has 5 nitrogen and oxygen atoms in total. The summed E-state index contributed by atoms with van der Waals surface area (Å²) >= 11 is 0. The minimum Gasteiger partial charge on any atom is -0.399 e. The predicted octanol–water partition coefficient (Wildman–Crippen LogP) is 2.55. The lowest BCUT2D eigenvalue weighted by molar-refractivity contribution is -0.116. The van der Waals surface area contributed by atoms with Gasteiger partial charge in [-0.3, -0.25) is 4.79 Å². The number of carbonyl (C=O) groups is 2. The average Bonchev–Trinajstić information content (AvgIpc) is 2.77. The van der Waals surface area contributed by atoms with Crippen molar-refractivity contribution in [2.45, 2.75) is 13.5 Å². The monoisotopic (exact) mass is 295 g/mol. The third kappa shape index (κ3) is 2.53. The maximum atomic E-state index is 12.5. The summed E-state index contributed by atoms with van der Waals surface area (Å²) in [5.41, 5.74) is 8.83. The molecule has 1 heterocycles. The maximum Gasteiger partial charge on any atom is 0.332 e. The first kappa shape index (κ1) is 14.1. The van der Waals surface area contributed by atoms with Crippen LogP contribution in [0.4, 0.5) is 16.2 Å². The zero-order valence-electron chi connectivity index (χ0n) is 12.3. The highest BCUT2D eigenvalue weighted by Crippen LogP contribution is 2.25. The Labute approximate surface area is 128 Å². The zero-order chi connectivity index (χ0) is 15.7. The predicted molar refractivity (Wildman–Crippen MR) is 85.3 cm³/mol. The van der Waals surface area contributed by atoms with Crippen LogP contribution in [0.2, 0.25) is 0 Å². The smallest absolute Gasteiger partial charge is 0.332 e. The molecule has 0 saturated carbocycles. The van der Waals surface area contributed by atoms with Crippen molar-refractivity contribution < 1.29 is 9.59 Å². The number of aryl methyl sites for hydroxylation is 1. The highest BCUT2D eigenvalue weighted by molar-refractivity contribution is 6.20. The van der Waals surface area contributed by atoms with E-state index in [9.17, 15) is 9.59 Å². The van der Waals surface area contributed by atoms with E-state index in [1.165, 1.54) is 4.90 Å². The van der Waals surface area contributed by atoms with E-state index in [0.29, 0.717) is 17.9 Å². The summed E-state index contributed by atoms with van der Waals surface area (Å²) in [5.74, 6) is -0.199. The fraction of sp³-hybridized carbons (Fsp3) is 0.176. The zero-order valence-corrected chi connectivity index (χ0v) is 12.3. The number of urea groups is 1. The summed E-state index contributed by atoms with van der Waals surface area (Å²) in [7, 11) is 0. The van der Waals surface area contributed by atoms with Crippen LogP contribution in [0.3, 0.4) is 0 Å². The van der Waals surface area contributed by atoms with E-state index >= 15 is 0 Å². The normalized spacial score (nSPS) is 14.8. The van der Waals surface area contributed by atoms with Gasteiger partial charge in [-0.25, -0.2) is 9.69 Å². The molecule has 0 aromatic heterocycles. The van der Waals surface area contributed by atoms with Gasteiger partial charge in [0.05, 0.1) is 5.69 Å². The number of hydrogen-bond acceptors (Lipinski definition) is 3.